The molecule has 0 radical (unpaired) electrons. The molecule has 0 aromatic heterocycles. The van der Waals surface area contributed by atoms with Crippen molar-refractivity contribution in [3.05, 3.63) is 0 Å². The second-order valence-electron chi connectivity index (χ2n) is 6.33. The Morgan fingerprint density at radius 2 is 1.14 bits per heavy atom. The van der Waals surface area contributed by atoms with Gasteiger partial charge in [-0.1, -0.05) is 0 Å². The number of carbonyl (C=O) groups excluding carboxylic acids is 1. The van der Waals surface area contributed by atoms with Crippen LogP contribution in [0, 0.1) is 0 Å². The maximum Gasteiger partial charge on any atom is 0.150 e. The van der Waals surface area contributed by atoms with E-state index in [1.807, 2.05) is 0 Å². The summed E-state index contributed by atoms with van der Waals surface area (Å²) >= 11 is 0. The molecule has 0 heterocycles. The molecular formula is C14H26O6S2. The van der Waals surface area contributed by atoms with Crippen molar-refractivity contribution >= 4 is 25.5 Å². The summed E-state index contributed by atoms with van der Waals surface area (Å²) < 4.78 is 44.0. The zero-order chi connectivity index (χ0) is 17.0. The van der Waals surface area contributed by atoms with Gasteiger partial charge < -0.3 is 5.11 Å². The highest BCUT2D eigenvalue weighted by atomic mass is 32.2. The van der Waals surface area contributed by atoms with Crippen molar-refractivity contribution in [2.75, 3.05) is 12.5 Å². The molecule has 130 valence electrons. The fourth-order valence-electron chi connectivity index (χ4n) is 2.81. The van der Waals surface area contributed by atoms with Crippen LogP contribution < -0.4 is 0 Å². The molecule has 0 bridgehead atoms. The minimum absolute atomic E-state index is 0.199. The molecule has 2 saturated carbocycles. The Kier molecular flexibility index (Phi) is 7.01. The molecule has 22 heavy (non-hydrogen) atoms. The standard InChI is InChI=1S/C7H14O3S.C7H12O3S/c2*1-11(9,10)7-4-2-6(8)3-5-7/h6-8H,2-5H2,1H3;7H,2-5H2,1H3. The van der Waals surface area contributed by atoms with E-state index in [1.165, 1.54) is 12.5 Å². The maximum atomic E-state index is 11.0. The molecule has 0 unspecified atom stereocenters. The first-order valence-electron chi connectivity index (χ1n) is 7.57. The van der Waals surface area contributed by atoms with Gasteiger partial charge in [0.05, 0.1) is 16.6 Å². The van der Waals surface area contributed by atoms with E-state index >= 15 is 0 Å². The van der Waals surface area contributed by atoms with E-state index in [-0.39, 0.29) is 22.4 Å². The summed E-state index contributed by atoms with van der Waals surface area (Å²) in [4.78, 5) is 10.7. The van der Waals surface area contributed by atoms with Gasteiger partial charge in [0, 0.05) is 25.4 Å². The van der Waals surface area contributed by atoms with E-state index in [0.717, 1.165) is 0 Å². The normalized spacial score (nSPS) is 27.9. The van der Waals surface area contributed by atoms with Gasteiger partial charge in [-0.15, -0.1) is 0 Å². The molecule has 2 aliphatic rings. The summed E-state index contributed by atoms with van der Waals surface area (Å²) in [7, 11) is -5.76. The van der Waals surface area contributed by atoms with Crippen LogP contribution in [-0.4, -0.2) is 56.8 Å². The van der Waals surface area contributed by atoms with Gasteiger partial charge in [-0.2, -0.15) is 0 Å². The average molecular weight is 354 g/mol. The second kappa shape index (κ2) is 7.88. The molecule has 2 rings (SSSR count). The first-order chi connectivity index (χ1) is 10.00. The minimum Gasteiger partial charge on any atom is -0.393 e. The molecular weight excluding hydrogens is 328 g/mol. The van der Waals surface area contributed by atoms with Crippen LogP contribution in [0.1, 0.15) is 51.4 Å². The fraction of sp³-hybridized carbons (Fsp3) is 0.929. The number of aliphatic hydroxyl groups is 1. The predicted molar refractivity (Wildman–Crippen MR) is 85.2 cm³/mol. The highest BCUT2D eigenvalue weighted by Gasteiger charge is 2.27. The summed E-state index contributed by atoms with van der Waals surface area (Å²) in [5.74, 6) is 0.199. The molecule has 0 aliphatic heterocycles. The van der Waals surface area contributed by atoms with Gasteiger partial charge in [0.2, 0.25) is 0 Å². The number of carbonyl (C=O) groups is 1. The summed E-state index contributed by atoms with van der Waals surface area (Å²) in [5, 5.41) is 8.63. The monoisotopic (exact) mass is 354 g/mol. The predicted octanol–water partition coefficient (Wildman–Crippen LogP) is 0.877. The van der Waals surface area contributed by atoms with Crippen molar-refractivity contribution in [3.63, 3.8) is 0 Å². The number of aliphatic hydroxyl groups excluding tert-OH is 1. The molecule has 0 spiro atoms. The zero-order valence-corrected chi connectivity index (χ0v) is 14.8. The Labute approximate surface area is 133 Å². The van der Waals surface area contributed by atoms with Gasteiger partial charge in [-0.25, -0.2) is 16.8 Å². The Hall–Kier alpha value is -0.470. The van der Waals surface area contributed by atoms with Crippen LogP contribution >= 0.6 is 0 Å². The third-order valence-corrected chi connectivity index (χ3v) is 7.71. The number of sulfone groups is 2. The molecule has 0 saturated heterocycles. The van der Waals surface area contributed by atoms with Crippen LogP contribution in [0.25, 0.3) is 0 Å². The molecule has 8 heteroatoms. The fourth-order valence-corrected chi connectivity index (χ4v) is 5.04. The van der Waals surface area contributed by atoms with Gasteiger partial charge in [0.25, 0.3) is 0 Å². The summed E-state index contributed by atoms with van der Waals surface area (Å²) in [6.45, 7) is 0. The van der Waals surface area contributed by atoms with E-state index < -0.39 is 19.7 Å². The molecule has 0 amide bonds. The van der Waals surface area contributed by atoms with Crippen LogP contribution in [0.15, 0.2) is 0 Å². The van der Waals surface area contributed by atoms with Gasteiger partial charge in [-0.3, -0.25) is 4.79 Å². The third kappa shape index (κ3) is 6.75. The molecule has 0 atom stereocenters. The molecule has 2 fully saturated rings. The van der Waals surface area contributed by atoms with E-state index in [9.17, 15) is 21.6 Å². The highest BCUT2D eigenvalue weighted by molar-refractivity contribution is 7.91. The average Bonchev–Trinajstić information content (AvgIpc) is 2.38. The Balaban J connectivity index is 0.000000220. The number of Topliss-reactive ketones (excluding diaryl/α,β-unsaturated/α-hetero) is 1. The minimum atomic E-state index is -2.90. The van der Waals surface area contributed by atoms with Crippen LogP contribution in [0.5, 0.6) is 0 Å². The van der Waals surface area contributed by atoms with Gasteiger partial charge in [-0.05, 0) is 38.5 Å². The van der Waals surface area contributed by atoms with Crippen molar-refractivity contribution in [1.82, 2.24) is 0 Å². The van der Waals surface area contributed by atoms with Crippen LogP contribution in [0.2, 0.25) is 0 Å². The summed E-state index contributed by atoms with van der Waals surface area (Å²) in [6.07, 6.45) is 6.70. The highest BCUT2D eigenvalue weighted by Crippen LogP contribution is 2.23. The Bertz CT molecular complexity index is 560. The number of hydrogen-bond donors (Lipinski definition) is 1. The van der Waals surface area contributed by atoms with Crippen molar-refractivity contribution in [1.29, 1.82) is 0 Å². The van der Waals surface area contributed by atoms with E-state index in [4.69, 9.17) is 5.11 Å². The number of rotatable bonds is 2. The van der Waals surface area contributed by atoms with Crippen molar-refractivity contribution < 1.29 is 26.7 Å². The third-order valence-electron chi connectivity index (χ3n) is 4.35. The quantitative estimate of drug-likeness (QED) is 0.789. The lowest BCUT2D eigenvalue weighted by molar-refractivity contribution is -0.120. The van der Waals surface area contributed by atoms with Gasteiger partial charge in [0.15, 0.2) is 0 Å². The molecule has 0 aromatic rings. The Morgan fingerprint density at radius 1 is 0.773 bits per heavy atom. The SMILES string of the molecule is CS(=O)(=O)C1CCC(=O)CC1.CS(=O)(=O)C1CCC(O)CC1. The van der Waals surface area contributed by atoms with Gasteiger partial charge >= 0.3 is 0 Å². The summed E-state index contributed by atoms with van der Waals surface area (Å²) in [5.41, 5.74) is 0. The molecule has 1 N–H and O–H groups in total. The zero-order valence-electron chi connectivity index (χ0n) is 13.2. The number of ketones is 1. The Morgan fingerprint density at radius 3 is 1.50 bits per heavy atom. The summed E-state index contributed by atoms with van der Waals surface area (Å²) in [6, 6.07) is 0. The molecule has 6 nitrogen and oxygen atoms in total. The number of hydrogen-bond acceptors (Lipinski definition) is 6. The first-order valence-corrected chi connectivity index (χ1v) is 11.5. The molecule has 2 aliphatic carbocycles. The van der Waals surface area contributed by atoms with Gasteiger partial charge in [0.1, 0.15) is 25.5 Å². The van der Waals surface area contributed by atoms with E-state index in [1.54, 1.807) is 0 Å². The van der Waals surface area contributed by atoms with Crippen molar-refractivity contribution in [2.45, 2.75) is 68.0 Å². The van der Waals surface area contributed by atoms with Crippen LogP contribution in [-0.2, 0) is 24.5 Å². The lowest BCUT2D eigenvalue weighted by Gasteiger charge is -2.23. The van der Waals surface area contributed by atoms with Crippen molar-refractivity contribution in [3.8, 4) is 0 Å². The largest absolute Gasteiger partial charge is 0.393 e. The van der Waals surface area contributed by atoms with Crippen LogP contribution in [0.4, 0.5) is 0 Å². The topological polar surface area (TPSA) is 106 Å². The van der Waals surface area contributed by atoms with Crippen LogP contribution in [0.3, 0.4) is 0 Å². The second-order valence-corrected chi connectivity index (χ2v) is 11.0. The van der Waals surface area contributed by atoms with Crippen molar-refractivity contribution in [2.24, 2.45) is 0 Å². The van der Waals surface area contributed by atoms with E-state index in [2.05, 4.69) is 0 Å². The first kappa shape index (κ1) is 19.6. The smallest absolute Gasteiger partial charge is 0.150 e. The lowest BCUT2D eigenvalue weighted by Crippen LogP contribution is -2.28. The van der Waals surface area contributed by atoms with E-state index in [0.29, 0.717) is 51.4 Å². The lowest BCUT2D eigenvalue weighted by atomic mass is 9.97. The maximum absolute atomic E-state index is 11.0. The molecule has 0 aromatic carbocycles.